The van der Waals surface area contributed by atoms with E-state index in [1.54, 1.807) is 0 Å². The Morgan fingerprint density at radius 2 is 1.89 bits per heavy atom. The summed E-state index contributed by atoms with van der Waals surface area (Å²) in [7, 11) is 1.94. The molecule has 0 aliphatic rings. The minimum Gasteiger partial charge on any atom is -0.532 e. The Hall–Kier alpha value is -1.64. The van der Waals surface area contributed by atoms with Crippen LogP contribution in [0.25, 0.3) is 32.6 Å². The van der Waals surface area contributed by atoms with Gasteiger partial charge in [0.1, 0.15) is 0 Å². The Kier molecular flexibility index (Phi) is 2.73. The zero-order valence-electron chi connectivity index (χ0n) is 10.5. The van der Waals surface area contributed by atoms with Gasteiger partial charge in [0, 0.05) is 44.7 Å². The van der Waals surface area contributed by atoms with Gasteiger partial charge in [0.15, 0.2) is 0 Å². The predicted molar refractivity (Wildman–Crippen MR) is 71.6 cm³/mol. The van der Waals surface area contributed by atoms with Gasteiger partial charge in [-0.1, -0.05) is 24.3 Å². The molecule has 0 saturated heterocycles. The zero-order valence-corrected chi connectivity index (χ0v) is 12.9. The molecule has 4 aromatic rings. The van der Waals surface area contributed by atoms with Crippen LogP contribution in [0.2, 0.25) is 0 Å². The van der Waals surface area contributed by atoms with Gasteiger partial charge < -0.3 is 4.42 Å². The second-order valence-corrected chi connectivity index (χ2v) is 4.60. The monoisotopic (exact) mass is 428 g/mol. The largest absolute Gasteiger partial charge is 0.532 e. The summed E-state index contributed by atoms with van der Waals surface area (Å²) in [6.45, 7) is 1.92. The number of rotatable bonds is 0. The van der Waals surface area contributed by atoms with Crippen molar-refractivity contribution in [2.45, 2.75) is 6.92 Å². The molecule has 19 heavy (non-hydrogen) atoms. The number of aryl methyl sites for hydroxylation is 2. The van der Waals surface area contributed by atoms with Crippen molar-refractivity contribution in [1.29, 1.82) is 0 Å². The summed E-state index contributed by atoms with van der Waals surface area (Å²) < 4.78 is 7.63. The van der Waals surface area contributed by atoms with Gasteiger partial charge in [0.05, 0.1) is 0 Å². The first-order valence-corrected chi connectivity index (χ1v) is 5.90. The van der Waals surface area contributed by atoms with E-state index in [2.05, 4.69) is 23.3 Å². The SMILES string of the molecule is Cc1[c-]c2c3nn(C)cc3c3ccccc3c2o1.[Ir]. The molecule has 0 amide bonds. The fraction of sp³-hybridized carbons (Fsp3) is 0.133. The number of furan rings is 1. The van der Waals surface area contributed by atoms with Crippen LogP contribution >= 0.6 is 0 Å². The first kappa shape index (κ1) is 12.4. The minimum absolute atomic E-state index is 0. The Bertz CT molecular complexity index is 830. The summed E-state index contributed by atoms with van der Waals surface area (Å²) in [4.78, 5) is 0. The van der Waals surface area contributed by atoms with Crippen molar-refractivity contribution in [1.82, 2.24) is 9.78 Å². The second-order valence-electron chi connectivity index (χ2n) is 4.60. The average Bonchev–Trinajstić information content (AvgIpc) is 2.92. The molecular formula is C15H11IrN2O-. The zero-order chi connectivity index (χ0) is 12.3. The number of nitrogens with zero attached hydrogens (tertiary/aromatic N) is 2. The van der Waals surface area contributed by atoms with E-state index in [0.717, 1.165) is 33.0 Å². The molecular weight excluding hydrogens is 416 g/mol. The minimum atomic E-state index is 0. The molecule has 0 N–H and O–H groups in total. The fourth-order valence-electron chi connectivity index (χ4n) is 2.61. The van der Waals surface area contributed by atoms with Crippen LogP contribution in [0.4, 0.5) is 0 Å². The molecule has 4 rings (SSSR count). The van der Waals surface area contributed by atoms with Crippen LogP contribution in [0, 0.1) is 13.0 Å². The summed E-state index contributed by atoms with van der Waals surface area (Å²) in [6.07, 6.45) is 2.05. The number of hydrogen-bond acceptors (Lipinski definition) is 2. The molecule has 0 bridgehead atoms. The van der Waals surface area contributed by atoms with Crippen LogP contribution in [-0.4, -0.2) is 9.78 Å². The third kappa shape index (κ3) is 1.64. The fourth-order valence-corrected chi connectivity index (χ4v) is 2.61. The molecule has 0 spiro atoms. The number of aromatic nitrogens is 2. The van der Waals surface area contributed by atoms with Gasteiger partial charge >= 0.3 is 0 Å². The molecule has 3 nitrogen and oxygen atoms in total. The van der Waals surface area contributed by atoms with Crippen molar-refractivity contribution in [2.24, 2.45) is 7.05 Å². The van der Waals surface area contributed by atoms with E-state index in [4.69, 9.17) is 4.42 Å². The van der Waals surface area contributed by atoms with Gasteiger partial charge in [-0.2, -0.15) is 0 Å². The molecule has 1 radical (unpaired) electrons. The summed E-state index contributed by atoms with van der Waals surface area (Å²) in [5.74, 6) is 0.799. The standard InChI is InChI=1S/C15H11N2O.Ir/c1-9-7-12-14-13(8-17(2)16-14)10-5-3-4-6-11(10)15(12)18-9;/h3-6,8H,1-2H3;/q-1;. The molecule has 0 saturated carbocycles. The Morgan fingerprint density at radius 1 is 1.16 bits per heavy atom. The van der Waals surface area contributed by atoms with E-state index < -0.39 is 0 Å². The maximum absolute atomic E-state index is 5.79. The normalized spacial score (nSPS) is 11.3. The Balaban J connectivity index is 0.00000110. The topological polar surface area (TPSA) is 31.0 Å². The van der Waals surface area contributed by atoms with Crippen LogP contribution in [0.1, 0.15) is 5.76 Å². The summed E-state index contributed by atoms with van der Waals surface area (Å²) in [5.41, 5.74) is 1.84. The van der Waals surface area contributed by atoms with Gasteiger partial charge in [-0.15, -0.1) is 11.5 Å². The first-order chi connectivity index (χ1) is 8.74. The van der Waals surface area contributed by atoms with E-state index in [-0.39, 0.29) is 20.1 Å². The molecule has 2 aromatic heterocycles. The van der Waals surface area contributed by atoms with Crippen LogP contribution in [0.5, 0.6) is 0 Å². The van der Waals surface area contributed by atoms with E-state index in [1.165, 1.54) is 5.39 Å². The third-order valence-corrected chi connectivity index (χ3v) is 3.31. The molecule has 97 valence electrons. The second kappa shape index (κ2) is 4.19. The van der Waals surface area contributed by atoms with Crippen molar-refractivity contribution in [3.63, 3.8) is 0 Å². The van der Waals surface area contributed by atoms with Crippen molar-refractivity contribution in [2.75, 3.05) is 0 Å². The summed E-state index contributed by atoms with van der Waals surface area (Å²) in [5, 5.41) is 8.95. The molecule has 0 unspecified atom stereocenters. The van der Waals surface area contributed by atoms with Crippen molar-refractivity contribution in [3.8, 4) is 0 Å². The molecule has 2 aromatic carbocycles. The van der Waals surface area contributed by atoms with E-state index in [9.17, 15) is 0 Å². The van der Waals surface area contributed by atoms with Crippen LogP contribution in [0.15, 0.2) is 34.9 Å². The van der Waals surface area contributed by atoms with Gasteiger partial charge in [0.2, 0.25) is 0 Å². The van der Waals surface area contributed by atoms with Crippen LogP contribution in [0.3, 0.4) is 0 Å². The van der Waals surface area contributed by atoms with Crippen LogP contribution < -0.4 is 0 Å². The number of fused-ring (bicyclic) bond motifs is 6. The molecule has 0 atom stereocenters. The third-order valence-electron chi connectivity index (χ3n) is 3.31. The number of benzene rings is 2. The van der Waals surface area contributed by atoms with Gasteiger partial charge in [-0.3, -0.25) is 4.68 Å². The molecule has 4 heteroatoms. The van der Waals surface area contributed by atoms with Gasteiger partial charge in [0.25, 0.3) is 0 Å². The van der Waals surface area contributed by atoms with Gasteiger partial charge in [-0.25, -0.2) is 5.10 Å². The average molecular weight is 427 g/mol. The quantitative estimate of drug-likeness (QED) is 0.402. The van der Waals surface area contributed by atoms with Crippen molar-refractivity contribution < 1.29 is 24.5 Å². The number of hydrogen-bond donors (Lipinski definition) is 0. The molecule has 0 aliphatic heterocycles. The van der Waals surface area contributed by atoms with Crippen LogP contribution in [-0.2, 0) is 27.2 Å². The maximum Gasteiger partial charge on any atom is 0.0301 e. The molecule has 2 heterocycles. The smallest absolute Gasteiger partial charge is 0.0301 e. The van der Waals surface area contributed by atoms with E-state index >= 15 is 0 Å². The first-order valence-electron chi connectivity index (χ1n) is 5.90. The van der Waals surface area contributed by atoms with Gasteiger partial charge in [-0.05, 0) is 28.6 Å². The molecule has 0 aliphatic carbocycles. The van der Waals surface area contributed by atoms with Crippen molar-refractivity contribution >= 4 is 32.6 Å². The summed E-state index contributed by atoms with van der Waals surface area (Å²) >= 11 is 0. The van der Waals surface area contributed by atoms with E-state index in [0.29, 0.717) is 0 Å². The maximum atomic E-state index is 5.79. The van der Waals surface area contributed by atoms with E-state index in [1.807, 2.05) is 37.0 Å². The van der Waals surface area contributed by atoms with Crippen molar-refractivity contribution in [3.05, 3.63) is 42.3 Å². The summed E-state index contributed by atoms with van der Waals surface area (Å²) in [6, 6.07) is 11.5. The molecule has 0 fully saturated rings. The Labute approximate surface area is 123 Å². The Morgan fingerprint density at radius 3 is 2.68 bits per heavy atom. The predicted octanol–water partition coefficient (Wildman–Crippen LogP) is 3.58.